The Balaban J connectivity index is 2.74. The number of hydrogen-bond acceptors (Lipinski definition) is 1. The van der Waals surface area contributed by atoms with Gasteiger partial charge >= 0.3 is 0 Å². The fraction of sp³-hybridized carbons (Fsp3) is 0.417. The summed E-state index contributed by atoms with van der Waals surface area (Å²) >= 11 is 11.5. The molecule has 1 amide bonds. The number of alkyl halides is 1. The molecule has 1 aromatic rings. The van der Waals surface area contributed by atoms with Crippen LogP contribution in [0.2, 0.25) is 5.02 Å². The minimum absolute atomic E-state index is 0.0413. The molecule has 0 saturated carbocycles. The predicted octanol–water partition coefficient (Wildman–Crippen LogP) is 4.10. The van der Waals surface area contributed by atoms with Crippen LogP contribution < -0.4 is 5.32 Å². The van der Waals surface area contributed by atoms with Gasteiger partial charge in [-0.3, -0.25) is 4.79 Å². The van der Waals surface area contributed by atoms with E-state index in [-0.39, 0.29) is 11.3 Å². The van der Waals surface area contributed by atoms with Gasteiger partial charge in [0.1, 0.15) is 0 Å². The quantitative estimate of drug-likeness (QED) is 0.566. The molecule has 0 aliphatic heterocycles. The molecule has 0 radical (unpaired) electrons. The predicted molar refractivity (Wildman–Crippen MR) is 84.1 cm³/mol. The standard InChI is InChI=1S/C12H14BrClINO/c1-12(2,6-13)7-16-11(17)9-5-8(14)3-4-10(9)15/h3-5H,6-7H2,1-2H3,(H,16,17). The van der Waals surface area contributed by atoms with Gasteiger partial charge in [0.15, 0.2) is 0 Å². The molecule has 0 aromatic heterocycles. The molecule has 1 rings (SSSR count). The first-order valence-electron chi connectivity index (χ1n) is 5.15. The van der Waals surface area contributed by atoms with Crippen LogP contribution in [0.25, 0.3) is 0 Å². The maximum Gasteiger partial charge on any atom is 0.252 e. The number of amides is 1. The van der Waals surface area contributed by atoms with Gasteiger partial charge in [0.05, 0.1) is 5.56 Å². The summed E-state index contributed by atoms with van der Waals surface area (Å²) in [4.78, 5) is 12.0. The average Bonchev–Trinajstić information content (AvgIpc) is 2.29. The van der Waals surface area contributed by atoms with Crippen LogP contribution in [0.5, 0.6) is 0 Å². The summed E-state index contributed by atoms with van der Waals surface area (Å²) in [6.45, 7) is 4.80. The van der Waals surface area contributed by atoms with Gasteiger partial charge in [-0.25, -0.2) is 0 Å². The van der Waals surface area contributed by atoms with E-state index in [2.05, 4.69) is 57.7 Å². The molecule has 0 saturated heterocycles. The molecule has 0 unspecified atom stereocenters. The van der Waals surface area contributed by atoms with Crippen molar-refractivity contribution in [2.24, 2.45) is 5.41 Å². The van der Waals surface area contributed by atoms with Crippen molar-refractivity contribution in [3.8, 4) is 0 Å². The number of carbonyl (C=O) groups excluding carboxylic acids is 1. The molecule has 0 spiro atoms. The molecule has 5 heteroatoms. The van der Waals surface area contributed by atoms with Gasteiger partial charge in [-0.1, -0.05) is 41.4 Å². The fourth-order valence-corrected chi connectivity index (χ4v) is 2.08. The summed E-state index contributed by atoms with van der Waals surface area (Å²) in [7, 11) is 0. The molecule has 94 valence electrons. The molecule has 0 fully saturated rings. The van der Waals surface area contributed by atoms with Crippen LogP contribution in [-0.2, 0) is 0 Å². The van der Waals surface area contributed by atoms with Crippen LogP contribution in [-0.4, -0.2) is 17.8 Å². The van der Waals surface area contributed by atoms with Crippen molar-refractivity contribution < 1.29 is 4.79 Å². The first-order chi connectivity index (χ1) is 7.85. The third-order valence-electron chi connectivity index (χ3n) is 2.26. The zero-order valence-electron chi connectivity index (χ0n) is 9.69. The minimum atomic E-state index is -0.0778. The van der Waals surface area contributed by atoms with Crippen molar-refractivity contribution in [1.29, 1.82) is 0 Å². The number of carbonyl (C=O) groups is 1. The summed E-state index contributed by atoms with van der Waals surface area (Å²) in [5.74, 6) is -0.0778. The normalized spacial score (nSPS) is 11.4. The van der Waals surface area contributed by atoms with E-state index in [0.29, 0.717) is 17.1 Å². The molecule has 0 atom stereocenters. The Hall–Kier alpha value is 0.190. The maximum absolute atomic E-state index is 12.0. The SMILES string of the molecule is CC(C)(CBr)CNC(=O)c1cc(Cl)ccc1I. The number of nitrogens with one attached hydrogen (secondary N) is 1. The second kappa shape index (κ2) is 6.38. The van der Waals surface area contributed by atoms with E-state index < -0.39 is 0 Å². The highest BCUT2D eigenvalue weighted by molar-refractivity contribution is 14.1. The molecule has 17 heavy (non-hydrogen) atoms. The highest BCUT2D eigenvalue weighted by atomic mass is 127. The van der Waals surface area contributed by atoms with Gasteiger partial charge in [-0.05, 0) is 46.2 Å². The van der Waals surface area contributed by atoms with Crippen LogP contribution in [0.4, 0.5) is 0 Å². The largest absolute Gasteiger partial charge is 0.351 e. The second-order valence-corrected chi connectivity index (χ2v) is 6.76. The van der Waals surface area contributed by atoms with Crippen molar-refractivity contribution >= 4 is 56.0 Å². The molecular weight excluding hydrogens is 416 g/mol. The second-order valence-electron chi connectivity index (χ2n) is 4.60. The topological polar surface area (TPSA) is 29.1 Å². The zero-order valence-corrected chi connectivity index (χ0v) is 14.2. The Kier molecular flexibility index (Phi) is 5.73. The molecule has 0 aliphatic rings. The lowest BCUT2D eigenvalue weighted by atomic mass is 9.97. The molecule has 0 aliphatic carbocycles. The number of benzene rings is 1. The number of hydrogen-bond donors (Lipinski definition) is 1. The molecule has 0 heterocycles. The highest BCUT2D eigenvalue weighted by Crippen LogP contribution is 2.19. The van der Waals surface area contributed by atoms with E-state index in [1.165, 1.54) is 0 Å². The molecule has 1 aromatic carbocycles. The van der Waals surface area contributed by atoms with E-state index in [1.807, 2.05) is 6.07 Å². The van der Waals surface area contributed by atoms with Crippen molar-refractivity contribution in [1.82, 2.24) is 5.32 Å². The highest BCUT2D eigenvalue weighted by Gasteiger charge is 2.18. The van der Waals surface area contributed by atoms with Crippen molar-refractivity contribution in [2.75, 3.05) is 11.9 Å². The van der Waals surface area contributed by atoms with Gasteiger partial charge in [-0.2, -0.15) is 0 Å². The Morgan fingerprint density at radius 1 is 1.53 bits per heavy atom. The number of halogens is 3. The van der Waals surface area contributed by atoms with E-state index in [0.717, 1.165) is 8.90 Å². The van der Waals surface area contributed by atoms with Crippen LogP contribution in [0.3, 0.4) is 0 Å². The third-order valence-corrected chi connectivity index (χ3v) is 4.96. The van der Waals surface area contributed by atoms with E-state index >= 15 is 0 Å². The summed E-state index contributed by atoms with van der Waals surface area (Å²) in [5, 5.41) is 4.35. The monoisotopic (exact) mass is 429 g/mol. The summed E-state index contributed by atoms with van der Waals surface area (Å²) in [6, 6.07) is 5.32. The van der Waals surface area contributed by atoms with E-state index in [1.54, 1.807) is 12.1 Å². The Morgan fingerprint density at radius 3 is 2.76 bits per heavy atom. The first-order valence-corrected chi connectivity index (χ1v) is 7.73. The van der Waals surface area contributed by atoms with Gasteiger partial charge in [0.2, 0.25) is 0 Å². The van der Waals surface area contributed by atoms with Crippen LogP contribution in [0, 0.1) is 8.99 Å². The lowest BCUT2D eigenvalue weighted by molar-refractivity contribution is 0.0939. The maximum atomic E-state index is 12.0. The Bertz CT molecular complexity index is 423. The van der Waals surface area contributed by atoms with Crippen LogP contribution in [0.1, 0.15) is 24.2 Å². The minimum Gasteiger partial charge on any atom is -0.351 e. The van der Waals surface area contributed by atoms with Gasteiger partial charge in [0.25, 0.3) is 5.91 Å². The summed E-state index contributed by atoms with van der Waals surface area (Å²) in [6.07, 6.45) is 0. The lowest BCUT2D eigenvalue weighted by Gasteiger charge is -2.22. The Morgan fingerprint density at radius 2 is 2.18 bits per heavy atom. The summed E-state index contributed by atoms with van der Waals surface area (Å²) < 4.78 is 0.904. The average molecular weight is 431 g/mol. The van der Waals surface area contributed by atoms with Gasteiger partial charge in [0, 0.05) is 20.5 Å². The molecule has 0 bridgehead atoms. The molecule has 1 N–H and O–H groups in total. The lowest BCUT2D eigenvalue weighted by Crippen LogP contribution is -2.35. The number of rotatable bonds is 4. The van der Waals surface area contributed by atoms with Crippen molar-refractivity contribution in [3.05, 3.63) is 32.4 Å². The van der Waals surface area contributed by atoms with E-state index in [4.69, 9.17) is 11.6 Å². The van der Waals surface area contributed by atoms with Gasteiger partial charge in [-0.15, -0.1) is 0 Å². The Labute approximate surface area is 129 Å². The van der Waals surface area contributed by atoms with Crippen LogP contribution >= 0.6 is 50.1 Å². The van der Waals surface area contributed by atoms with Crippen molar-refractivity contribution in [2.45, 2.75) is 13.8 Å². The van der Waals surface area contributed by atoms with Crippen molar-refractivity contribution in [3.63, 3.8) is 0 Å². The third kappa shape index (κ3) is 4.75. The molecule has 2 nitrogen and oxygen atoms in total. The zero-order chi connectivity index (χ0) is 13.1. The van der Waals surface area contributed by atoms with E-state index in [9.17, 15) is 4.79 Å². The fourth-order valence-electron chi connectivity index (χ4n) is 1.13. The van der Waals surface area contributed by atoms with Gasteiger partial charge < -0.3 is 5.32 Å². The molecular formula is C12H14BrClINO. The summed E-state index contributed by atoms with van der Waals surface area (Å²) in [5.41, 5.74) is 0.670. The first kappa shape index (κ1) is 15.2. The van der Waals surface area contributed by atoms with Crippen LogP contribution in [0.15, 0.2) is 18.2 Å². The smallest absolute Gasteiger partial charge is 0.252 e.